The summed E-state index contributed by atoms with van der Waals surface area (Å²) >= 11 is 3.44. The van der Waals surface area contributed by atoms with E-state index < -0.39 is 5.97 Å². The van der Waals surface area contributed by atoms with Crippen molar-refractivity contribution in [2.45, 2.75) is 0 Å². The molecule has 0 radical (unpaired) electrons. The number of carbonyl (C=O) groups is 1. The molecule has 2 aromatic rings. The summed E-state index contributed by atoms with van der Waals surface area (Å²) in [7, 11) is 3.81. The summed E-state index contributed by atoms with van der Waals surface area (Å²) < 4.78 is 5.92. The molecule has 0 aliphatic heterocycles. The predicted molar refractivity (Wildman–Crippen MR) is 70.9 cm³/mol. The van der Waals surface area contributed by atoms with Crippen LogP contribution in [-0.2, 0) is 0 Å². The minimum Gasteiger partial charge on any atom is -0.476 e. The molecule has 18 heavy (non-hydrogen) atoms. The smallest absolute Gasteiger partial charge is 0.358 e. The maximum Gasteiger partial charge on any atom is 0.358 e. The van der Waals surface area contributed by atoms with Crippen LogP contribution >= 0.6 is 15.9 Å². The Morgan fingerprint density at radius 1 is 1.44 bits per heavy atom. The van der Waals surface area contributed by atoms with Crippen LogP contribution in [0.3, 0.4) is 0 Å². The summed E-state index contributed by atoms with van der Waals surface area (Å²) in [6.45, 7) is 0. The second-order valence-corrected chi connectivity index (χ2v) is 4.76. The number of aromatic carboxylic acids is 1. The Morgan fingerprint density at radius 2 is 2.17 bits per heavy atom. The van der Waals surface area contributed by atoms with Gasteiger partial charge in [-0.25, -0.2) is 4.79 Å². The molecule has 1 aromatic carbocycles. The van der Waals surface area contributed by atoms with E-state index in [-0.39, 0.29) is 5.69 Å². The van der Waals surface area contributed by atoms with E-state index in [9.17, 15) is 4.79 Å². The molecule has 0 aliphatic carbocycles. The van der Waals surface area contributed by atoms with Gasteiger partial charge in [-0.2, -0.15) is 0 Å². The molecule has 0 spiro atoms. The van der Waals surface area contributed by atoms with Gasteiger partial charge in [0, 0.05) is 30.3 Å². The first kappa shape index (κ1) is 12.6. The lowest BCUT2D eigenvalue weighted by Gasteiger charge is -2.16. The summed E-state index contributed by atoms with van der Waals surface area (Å²) in [6, 6.07) is 7.10. The maximum atomic E-state index is 10.8. The molecular weight excluding hydrogens is 300 g/mol. The number of hydrogen-bond donors (Lipinski definition) is 1. The SMILES string of the molecule is CN(C)c1cccc(Br)c1-c1cc(C(=O)O)no1. The van der Waals surface area contributed by atoms with Crippen molar-refractivity contribution < 1.29 is 14.4 Å². The zero-order chi connectivity index (χ0) is 13.3. The highest BCUT2D eigenvalue weighted by molar-refractivity contribution is 9.10. The summed E-state index contributed by atoms with van der Waals surface area (Å²) in [5.74, 6) is -0.688. The molecule has 1 aromatic heterocycles. The molecule has 0 amide bonds. The Bertz CT molecular complexity index is 593. The fourth-order valence-corrected chi connectivity index (χ4v) is 2.17. The van der Waals surface area contributed by atoms with Crippen molar-refractivity contribution in [2.75, 3.05) is 19.0 Å². The van der Waals surface area contributed by atoms with Crippen LogP contribution in [0.15, 0.2) is 33.3 Å². The number of anilines is 1. The first-order valence-electron chi connectivity index (χ1n) is 5.17. The number of hydrogen-bond acceptors (Lipinski definition) is 4. The van der Waals surface area contributed by atoms with Crippen molar-refractivity contribution >= 4 is 27.6 Å². The van der Waals surface area contributed by atoms with Gasteiger partial charge in [-0.05, 0) is 28.1 Å². The van der Waals surface area contributed by atoms with E-state index in [1.54, 1.807) is 0 Å². The fourth-order valence-electron chi connectivity index (χ4n) is 1.62. The number of benzene rings is 1. The topological polar surface area (TPSA) is 66.6 Å². The maximum absolute atomic E-state index is 10.8. The van der Waals surface area contributed by atoms with Crippen LogP contribution in [0.5, 0.6) is 0 Å². The quantitative estimate of drug-likeness (QED) is 0.944. The molecule has 1 N–H and O–H groups in total. The Kier molecular flexibility index (Phi) is 3.38. The zero-order valence-corrected chi connectivity index (χ0v) is 11.4. The first-order chi connectivity index (χ1) is 8.50. The molecule has 0 fully saturated rings. The van der Waals surface area contributed by atoms with Gasteiger partial charge >= 0.3 is 5.97 Å². The lowest BCUT2D eigenvalue weighted by Crippen LogP contribution is -2.10. The Morgan fingerprint density at radius 3 is 2.72 bits per heavy atom. The Labute approximate surface area is 112 Å². The van der Waals surface area contributed by atoms with Crippen molar-refractivity contribution in [2.24, 2.45) is 0 Å². The summed E-state index contributed by atoms with van der Waals surface area (Å²) in [5, 5.41) is 12.4. The standard InChI is InChI=1S/C12H11BrN2O3/c1-15(2)9-5-3-4-7(13)11(9)10-6-8(12(16)17)14-18-10/h3-6H,1-2H3,(H,16,17). The fraction of sp³-hybridized carbons (Fsp3) is 0.167. The van der Waals surface area contributed by atoms with Crippen molar-refractivity contribution in [3.05, 3.63) is 34.4 Å². The van der Waals surface area contributed by atoms with E-state index in [2.05, 4.69) is 21.1 Å². The molecule has 5 nitrogen and oxygen atoms in total. The van der Waals surface area contributed by atoms with Crippen LogP contribution in [-0.4, -0.2) is 30.3 Å². The van der Waals surface area contributed by atoms with E-state index in [1.165, 1.54) is 6.07 Å². The number of carboxylic acids is 1. The van der Waals surface area contributed by atoms with Gasteiger partial charge in [0.2, 0.25) is 0 Å². The van der Waals surface area contributed by atoms with Gasteiger partial charge in [-0.1, -0.05) is 11.2 Å². The van der Waals surface area contributed by atoms with E-state index in [1.807, 2.05) is 37.2 Å². The first-order valence-corrected chi connectivity index (χ1v) is 5.96. The summed E-state index contributed by atoms with van der Waals surface area (Å²) in [4.78, 5) is 12.7. The van der Waals surface area contributed by atoms with Crippen molar-refractivity contribution in [3.8, 4) is 11.3 Å². The van der Waals surface area contributed by atoms with Crippen LogP contribution in [0.25, 0.3) is 11.3 Å². The Hall–Kier alpha value is -1.82. The van der Waals surface area contributed by atoms with E-state index >= 15 is 0 Å². The van der Waals surface area contributed by atoms with Gasteiger partial charge in [-0.3, -0.25) is 0 Å². The molecule has 2 rings (SSSR count). The largest absolute Gasteiger partial charge is 0.476 e. The average molecular weight is 311 g/mol. The van der Waals surface area contributed by atoms with Gasteiger partial charge in [0.1, 0.15) is 0 Å². The molecule has 94 valence electrons. The van der Waals surface area contributed by atoms with Gasteiger partial charge in [0.15, 0.2) is 11.5 Å². The third kappa shape index (κ3) is 2.24. The Balaban J connectivity index is 2.58. The van der Waals surface area contributed by atoms with Gasteiger partial charge < -0.3 is 14.5 Å². The second-order valence-electron chi connectivity index (χ2n) is 3.91. The monoisotopic (exact) mass is 310 g/mol. The molecule has 6 heteroatoms. The van der Waals surface area contributed by atoms with E-state index in [0.29, 0.717) is 5.76 Å². The minimum atomic E-state index is -1.11. The van der Waals surface area contributed by atoms with Gasteiger partial charge in [-0.15, -0.1) is 0 Å². The lowest BCUT2D eigenvalue weighted by atomic mass is 10.1. The van der Waals surface area contributed by atoms with Crippen molar-refractivity contribution in [1.82, 2.24) is 5.16 Å². The molecule has 0 unspecified atom stereocenters. The zero-order valence-electron chi connectivity index (χ0n) is 9.85. The normalized spacial score (nSPS) is 10.4. The molecular formula is C12H11BrN2O3. The molecule has 0 aliphatic rings. The average Bonchev–Trinajstić information content (AvgIpc) is 2.77. The number of carboxylic acid groups (broad SMARTS) is 1. The van der Waals surface area contributed by atoms with Gasteiger partial charge in [0.25, 0.3) is 0 Å². The molecule has 0 saturated heterocycles. The third-order valence-corrected chi connectivity index (χ3v) is 3.11. The van der Waals surface area contributed by atoms with Crippen LogP contribution in [0, 0.1) is 0 Å². The summed E-state index contributed by atoms with van der Waals surface area (Å²) in [5.41, 5.74) is 1.59. The van der Waals surface area contributed by atoms with Crippen LogP contribution in [0.1, 0.15) is 10.5 Å². The van der Waals surface area contributed by atoms with Crippen LogP contribution < -0.4 is 4.90 Å². The van der Waals surface area contributed by atoms with Crippen molar-refractivity contribution in [3.63, 3.8) is 0 Å². The predicted octanol–water partition coefficient (Wildman–Crippen LogP) is 2.87. The number of aromatic nitrogens is 1. The van der Waals surface area contributed by atoms with E-state index in [0.717, 1.165) is 15.7 Å². The van der Waals surface area contributed by atoms with Crippen molar-refractivity contribution in [1.29, 1.82) is 0 Å². The van der Waals surface area contributed by atoms with Crippen LogP contribution in [0.2, 0.25) is 0 Å². The summed E-state index contributed by atoms with van der Waals surface area (Å²) in [6.07, 6.45) is 0. The van der Waals surface area contributed by atoms with Gasteiger partial charge in [0.05, 0.1) is 5.56 Å². The number of rotatable bonds is 3. The molecule has 0 saturated carbocycles. The molecule has 0 bridgehead atoms. The van der Waals surface area contributed by atoms with E-state index in [4.69, 9.17) is 9.63 Å². The second kappa shape index (κ2) is 4.81. The number of nitrogens with zero attached hydrogens (tertiary/aromatic N) is 2. The highest BCUT2D eigenvalue weighted by atomic mass is 79.9. The highest BCUT2D eigenvalue weighted by Crippen LogP contribution is 2.36. The third-order valence-electron chi connectivity index (χ3n) is 2.45. The lowest BCUT2D eigenvalue weighted by molar-refractivity contribution is 0.0686. The number of halogens is 1. The molecule has 1 heterocycles. The molecule has 0 atom stereocenters. The minimum absolute atomic E-state index is 0.106. The van der Waals surface area contributed by atoms with Crippen LogP contribution in [0.4, 0.5) is 5.69 Å². The highest BCUT2D eigenvalue weighted by Gasteiger charge is 2.18.